The SMILES string of the molecule is CSC(=Nc1ccccc1)N(/C=C/C(=O)c1ccccc1)c1ccc(N(C)C)cc1. The Morgan fingerprint density at radius 2 is 1.40 bits per heavy atom. The number of thioether (sulfide) groups is 1. The molecule has 0 amide bonds. The van der Waals surface area contributed by atoms with Crippen molar-refractivity contribution >= 4 is 39.8 Å². The van der Waals surface area contributed by atoms with Crippen molar-refractivity contribution in [3.63, 3.8) is 0 Å². The Kier molecular flexibility index (Phi) is 7.46. The van der Waals surface area contributed by atoms with E-state index in [1.54, 1.807) is 12.3 Å². The van der Waals surface area contributed by atoms with Crippen LogP contribution < -0.4 is 9.80 Å². The molecule has 0 heterocycles. The van der Waals surface area contributed by atoms with Crippen LogP contribution in [-0.4, -0.2) is 31.3 Å². The fourth-order valence-electron chi connectivity index (χ4n) is 2.82. The quantitative estimate of drug-likeness (QED) is 0.214. The van der Waals surface area contributed by atoms with Crippen LogP contribution in [0.3, 0.4) is 0 Å². The number of hydrogen-bond acceptors (Lipinski definition) is 4. The highest BCUT2D eigenvalue weighted by molar-refractivity contribution is 8.13. The molecule has 0 N–H and O–H groups in total. The molecule has 0 fully saturated rings. The molecule has 3 aromatic rings. The minimum atomic E-state index is -0.0503. The topological polar surface area (TPSA) is 35.9 Å². The Balaban J connectivity index is 1.98. The van der Waals surface area contributed by atoms with E-state index in [0.717, 1.165) is 22.2 Å². The van der Waals surface area contributed by atoms with Crippen LogP contribution in [0.25, 0.3) is 0 Å². The van der Waals surface area contributed by atoms with E-state index in [4.69, 9.17) is 4.99 Å². The van der Waals surface area contributed by atoms with E-state index in [1.807, 2.05) is 98.0 Å². The minimum Gasteiger partial charge on any atom is -0.378 e. The molecule has 0 spiro atoms. The first-order chi connectivity index (χ1) is 14.6. The summed E-state index contributed by atoms with van der Waals surface area (Å²) >= 11 is 1.53. The van der Waals surface area contributed by atoms with Crippen LogP contribution in [0.1, 0.15) is 10.4 Å². The second kappa shape index (κ2) is 10.5. The van der Waals surface area contributed by atoms with Crippen LogP contribution >= 0.6 is 11.8 Å². The van der Waals surface area contributed by atoms with Crippen LogP contribution in [0.4, 0.5) is 17.1 Å². The highest BCUT2D eigenvalue weighted by Gasteiger charge is 2.12. The molecule has 4 nitrogen and oxygen atoms in total. The van der Waals surface area contributed by atoms with E-state index in [2.05, 4.69) is 17.0 Å². The molecule has 30 heavy (non-hydrogen) atoms. The number of aliphatic imine (C=N–C) groups is 1. The number of amidine groups is 1. The first-order valence-electron chi connectivity index (χ1n) is 9.60. The van der Waals surface area contributed by atoms with Crippen LogP contribution in [0.5, 0.6) is 0 Å². The second-order valence-corrected chi connectivity index (χ2v) is 7.53. The number of para-hydroxylation sites is 1. The van der Waals surface area contributed by atoms with Gasteiger partial charge < -0.3 is 4.90 Å². The van der Waals surface area contributed by atoms with Crippen molar-refractivity contribution in [3.8, 4) is 0 Å². The second-order valence-electron chi connectivity index (χ2n) is 6.76. The van der Waals surface area contributed by atoms with Crippen molar-refractivity contribution in [1.82, 2.24) is 0 Å². The molecule has 3 aromatic carbocycles. The zero-order valence-corrected chi connectivity index (χ0v) is 18.2. The van der Waals surface area contributed by atoms with Crippen molar-refractivity contribution in [1.29, 1.82) is 0 Å². The van der Waals surface area contributed by atoms with Gasteiger partial charge >= 0.3 is 0 Å². The molecule has 5 heteroatoms. The zero-order chi connectivity index (χ0) is 21.3. The third kappa shape index (κ3) is 5.61. The molecule has 0 saturated carbocycles. The molecular formula is C25H25N3OS. The maximum absolute atomic E-state index is 12.6. The number of allylic oxidation sites excluding steroid dienone is 1. The first kappa shape index (κ1) is 21.4. The molecule has 0 unspecified atom stereocenters. The zero-order valence-electron chi connectivity index (χ0n) is 17.4. The molecule has 0 atom stereocenters. The standard InChI is InChI=1S/C25H25N3OS/c1-27(2)22-14-16-23(17-15-22)28(19-18-24(29)20-10-6-4-7-11-20)25(30-3)26-21-12-8-5-9-13-21/h4-19H,1-3H3/b19-18+,26-25?. The average molecular weight is 416 g/mol. The number of anilines is 2. The minimum absolute atomic E-state index is 0.0503. The number of hydrogen-bond donors (Lipinski definition) is 0. The van der Waals surface area contributed by atoms with E-state index >= 15 is 0 Å². The molecule has 0 aliphatic carbocycles. The molecule has 3 rings (SSSR count). The van der Waals surface area contributed by atoms with E-state index in [9.17, 15) is 4.79 Å². The van der Waals surface area contributed by atoms with Gasteiger partial charge in [-0.2, -0.15) is 0 Å². The fraction of sp³-hybridized carbons (Fsp3) is 0.120. The first-order valence-corrected chi connectivity index (χ1v) is 10.8. The number of ketones is 1. The van der Waals surface area contributed by atoms with Gasteiger partial charge in [0.25, 0.3) is 0 Å². The van der Waals surface area contributed by atoms with E-state index in [0.29, 0.717) is 5.56 Å². The van der Waals surface area contributed by atoms with Crippen molar-refractivity contribution in [2.24, 2.45) is 4.99 Å². The van der Waals surface area contributed by atoms with Crippen LogP contribution in [0, 0.1) is 0 Å². The molecule has 0 radical (unpaired) electrons. The molecule has 152 valence electrons. The molecule has 0 aromatic heterocycles. The Morgan fingerprint density at radius 1 is 0.833 bits per heavy atom. The van der Waals surface area contributed by atoms with Crippen molar-refractivity contribution in [2.75, 3.05) is 30.2 Å². The predicted molar refractivity (Wildman–Crippen MR) is 130 cm³/mol. The summed E-state index contributed by atoms with van der Waals surface area (Å²) in [5.41, 5.74) is 3.55. The molecule has 0 bridgehead atoms. The number of nitrogens with zero attached hydrogens (tertiary/aromatic N) is 3. The van der Waals surface area contributed by atoms with E-state index in [1.165, 1.54) is 11.8 Å². The monoisotopic (exact) mass is 415 g/mol. The van der Waals surface area contributed by atoms with Gasteiger partial charge in [0.1, 0.15) is 0 Å². The highest BCUT2D eigenvalue weighted by Crippen LogP contribution is 2.25. The van der Waals surface area contributed by atoms with Gasteiger partial charge in [0.2, 0.25) is 0 Å². The Labute approximate surface area is 182 Å². The van der Waals surface area contributed by atoms with Gasteiger partial charge in [-0.25, -0.2) is 4.99 Å². The maximum Gasteiger partial charge on any atom is 0.187 e. The highest BCUT2D eigenvalue weighted by atomic mass is 32.2. The van der Waals surface area contributed by atoms with Gasteiger partial charge in [0.15, 0.2) is 11.0 Å². The van der Waals surface area contributed by atoms with Crippen molar-refractivity contribution in [2.45, 2.75) is 0 Å². The third-order valence-corrected chi connectivity index (χ3v) is 5.10. The molecule has 0 aliphatic rings. The lowest BCUT2D eigenvalue weighted by Crippen LogP contribution is -2.22. The van der Waals surface area contributed by atoms with Gasteiger partial charge in [0, 0.05) is 43.3 Å². The number of carbonyl (C=O) groups excluding carboxylic acids is 1. The van der Waals surface area contributed by atoms with Gasteiger partial charge in [0.05, 0.1) is 5.69 Å². The third-order valence-electron chi connectivity index (χ3n) is 4.45. The predicted octanol–water partition coefficient (Wildman–Crippen LogP) is 6.01. The number of carbonyl (C=O) groups is 1. The lowest BCUT2D eigenvalue weighted by atomic mass is 10.1. The summed E-state index contributed by atoms with van der Waals surface area (Å²) in [5, 5.41) is 0.774. The fourth-order valence-corrected chi connectivity index (χ4v) is 3.38. The summed E-state index contributed by atoms with van der Waals surface area (Å²) in [6.45, 7) is 0. The maximum atomic E-state index is 12.6. The van der Waals surface area contributed by atoms with E-state index < -0.39 is 0 Å². The summed E-state index contributed by atoms with van der Waals surface area (Å²) in [4.78, 5) is 21.4. The Bertz CT molecular complexity index is 1010. The molecular weight excluding hydrogens is 390 g/mol. The van der Waals surface area contributed by atoms with Crippen molar-refractivity contribution < 1.29 is 4.79 Å². The Hall–Kier alpha value is -3.31. The smallest absolute Gasteiger partial charge is 0.187 e. The van der Waals surface area contributed by atoms with Crippen LogP contribution in [-0.2, 0) is 0 Å². The summed E-state index contributed by atoms with van der Waals surface area (Å²) in [7, 11) is 4.02. The van der Waals surface area contributed by atoms with Crippen molar-refractivity contribution in [3.05, 3.63) is 103 Å². The van der Waals surface area contributed by atoms with Crippen LogP contribution in [0.15, 0.2) is 102 Å². The summed E-state index contributed by atoms with van der Waals surface area (Å²) in [6.07, 6.45) is 5.36. The summed E-state index contributed by atoms with van der Waals surface area (Å²) in [6, 6.07) is 27.2. The summed E-state index contributed by atoms with van der Waals surface area (Å²) in [5.74, 6) is -0.0503. The van der Waals surface area contributed by atoms with Gasteiger partial charge in [-0.05, 0) is 42.7 Å². The molecule has 0 aliphatic heterocycles. The lowest BCUT2D eigenvalue weighted by molar-refractivity contribution is 0.104. The number of rotatable bonds is 6. The van der Waals surface area contributed by atoms with Crippen LogP contribution in [0.2, 0.25) is 0 Å². The normalized spacial score (nSPS) is 11.5. The van der Waals surface area contributed by atoms with Gasteiger partial charge in [-0.3, -0.25) is 9.69 Å². The average Bonchev–Trinajstić information content (AvgIpc) is 2.79. The lowest BCUT2D eigenvalue weighted by Gasteiger charge is -2.22. The Morgan fingerprint density at radius 3 is 1.97 bits per heavy atom. The van der Waals surface area contributed by atoms with E-state index in [-0.39, 0.29) is 5.78 Å². The number of benzene rings is 3. The largest absolute Gasteiger partial charge is 0.378 e. The molecule has 0 saturated heterocycles. The van der Waals surface area contributed by atoms with Gasteiger partial charge in [-0.1, -0.05) is 60.3 Å². The van der Waals surface area contributed by atoms with Gasteiger partial charge in [-0.15, -0.1) is 0 Å². The summed E-state index contributed by atoms with van der Waals surface area (Å²) < 4.78 is 0.